The number of benzene rings is 1. The summed E-state index contributed by atoms with van der Waals surface area (Å²) in [6, 6.07) is 5.34. The van der Waals surface area contributed by atoms with Gasteiger partial charge in [0.2, 0.25) is 0 Å². The van der Waals surface area contributed by atoms with E-state index in [9.17, 15) is 9.59 Å². The maximum Gasteiger partial charge on any atom is 0.417 e. The van der Waals surface area contributed by atoms with Gasteiger partial charge in [-0.2, -0.15) is 0 Å². The maximum atomic E-state index is 11.1. The Balaban J connectivity index is 2.01. The number of fused-ring (bicyclic) bond motifs is 1. The zero-order valence-electron chi connectivity index (χ0n) is 10.2. The molecule has 19 heavy (non-hydrogen) atoms. The summed E-state index contributed by atoms with van der Waals surface area (Å²) < 4.78 is 4.93. The van der Waals surface area contributed by atoms with Crippen LogP contribution in [0.25, 0.3) is 22.4 Å². The zero-order chi connectivity index (χ0) is 13.4. The van der Waals surface area contributed by atoms with Gasteiger partial charge in [-0.05, 0) is 25.1 Å². The molecule has 0 aliphatic carbocycles. The minimum absolute atomic E-state index is 0.0514. The first-order chi connectivity index (χ1) is 9.11. The monoisotopic (exact) mass is 257 g/mol. The van der Waals surface area contributed by atoms with Crippen molar-refractivity contribution in [2.24, 2.45) is 0 Å². The second-order valence-electron chi connectivity index (χ2n) is 4.35. The molecule has 0 atom stereocenters. The summed E-state index contributed by atoms with van der Waals surface area (Å²) in [7, 11) is 0. The number of H-pyrrole nitrogens is 2. The van der Waals surface area contributed by atoms with Crippen molar-refractivity contribution in [3.63, 3.8) is 0 Å². The van der Waals surface area contributed by atoms with Gasteiger partial charge in [0.05, 0.1) is 23.8 Å². The van der Waals surface area contributed by atoms with E-state index in [1.165, 1.54) is 6.92 Å². The van der Waals surface area contributed by atoms with Gasteiger partial charge in [-0.25, -0.2) is 9.78 Å². The van der Waals surface area contributed by atoms with Gasteiger partial charge in [-0.1, -0.05) is 0 Å². The van der Waals surface area contributed by atoms with E-state index < -0.39 is 5.76 Å². The lowest BCUT2D eigenvalue weighted by Gasteiger charge is -1.97. The molecule has 0 aliphatic rings. The minimum Gasteiger partial charge on any atom is -0.408 e. The molecule has 0 amide bonds. The summed E-state index contributed by atoms with van der Waals surface area (Å²) in [4.78, 5) is 31.9. The second-order valence-corrected chi connectivity index (χ2v) is 4.35. The van der Waals surface area contributed by atoms with Gasteiger partial charge in [0.15, 0.2) is 5.58 Å². The number of ketones is 1. The second kappa shape index (κ2) is 4.24. The van der Waals surface area contributed by atoms with Crippen molar-refractivity contribution >= 4 is 16.9 Å². The molecule has 1 aromatic carbocycles. The Morgan fingerprint density at radius 3 is 3.00 bits per heavy atom. The number of nitrogens with zero attached hydrogens (tertiary/aromatic N) is 1. The molecule has 6 nitrogen and oxygen atoms in total. The Hall–Kier alpha value is -2.63. The SMILES string of the molecule is CC(=O)Cc1ncc(-c2ccc3oc(=O)[nH]c3c2)[nH]1. The average Bonchev–Trinajstić information content (AvgIpc) is 2.92. The van der Waals surface area contributed by atoms with Gasteiger partial charge >= 0.3 is 5.76 Å². The largest absolute Gasteiger partial charge is 0.417 e. The number of rotatable bonds is 3. The van der Waals surface area contributed by atoms with Gasteiger partial charge in [-0.15, -0.1) is 0 Å². The first-order valence-electron chi connectivity index (χ1n) is 5.78. The number of Topliss-reactive ketones (excluding diaryl/α,β-unsaturated/α-hetero) is 1. The standard InChI is InChI=1S/C13H11N3O3/c1-7(17)4-12-14-6-10(15-12)8-2-3-11-9(5-8)16-13(18)19-11/h2-3,5-6H,4H2,1H3,(H,14,15)(H,16,18). The fourth-order valence-corrected chi connectivity index (χ4v) is 1.95. The summed E-state index contributed by atoms with van der Waals surface area (Å²) in [6.45, 7) is 1.52. The molecule has 6 heteroatoms. The molecular formula is C13H11N3O3. The Morgan fingerprint density at radius 2 is 2.21 bits per heavy atom. The van der Waals surface area contributed by atoms with Crippen LogP contribution in [0, 0.1) is 0 Å². The summed E-state index contributed by atoms with van der Waals surface area (Å²) in [5.74, 6) is 0.202. The lowest BCUT2D eigenvalue weighted by atomic mass is 10.1. The van der Waals surface area contributed by atoms with E-state index in [0.29, 0.717) is 16.9 Å². The van der Waals surface area contributed by atoms with E-state index in [0.717, 1.165) is 11.3 Å². The van der Waals surface area contributed by atoms with Crippen molar-refractivity contribution in [1.82, 2.24) is 15.0 Å². The molecule has 0 saturated carbocycles. The third-order valence-corrected chi connectivity index (χ3v) is 2.77. The van der Waals surface area contributed by atoms with Crippen molar-refractivity contribution < 1.29 is 9.21 Å². The number of carbonyl (C=O) groups is 1. The number of imidazole rings is 1. The van der Waals surface area contributed by atoms with E-state index in [1.54, 1.807) is 18.3 Å². The smallest absolute Gasteiger partial charge is 0.408 e. The first kappa shape index (κ1) is 11.5. The topological polar surface area (TPSA) is 91.8 Å². The van der Waals surface area contributed by atoms with Crippen molar-refractivity contribution in [2.75, 3.05) is 0 Å². The average molecular weight is 257 g/mol. The van der Waals surface area contributed by atoms with E-state index in [1.807, 2.05) is 6.07 Å². The number of hydrogen-bond donors (Lipinski definition) is 2. The van der Waals surface area contributed by atoms with Crippen LogP contribution in [0.2, 0.25) is 0 Å². The number of aromatic amines is 2. The summed E-state index contributed by atoms with van der Waals surface area (Å²) >= 11 is 0. The molecule has 2 aromatic heterocycles. The maximum absolute atomic E-state index is 11.1. The number of nitrogens with one attached hydrogen (secondary N) is 2. The summed E-state index contributed by atoms with van der Waals surface area (Å²) in [5.41, 5.74) is 2.80. The predicted octanol–water partition coefficient (Wildman–Crippen LogP) is 1.64. The molecule has 0 bridgehead atoms. The normalized spacial score (nSPS) is 11.0. The molecule has 0 aliphatic heterocycles. The Labute approximate surface area is 107 Å². The quantitative estimate of drug-likeness (QED) is 0.746. The van der Waals surface area contributed by atoms with Gasteiger partial charge in [-0.3, -0.25) is 9.78 Å². The minimum atomic E-state index is -0.478. The van der Waals surface area contributed by atoms with Gasteiger partial charge < -0.3 is 9.40 Å². The van der Waals surface area contributed by atoms with Crippen LogP contribution >= 0.6 is 0 Å². The van der Waals surface area contributed by atoms with Crippen LogP contribution in [0.15, 0.2) is 33.6 Å². The van der Waals surface area contributed by atoms with E-state index >= 15 is 0 Å². The lowest BCUT2D eigenvalue weighted by Crippen LogP contribution is -1.97. The molecule has 3 aromatic rings. The van der Waals surface area contributed by atoms with Crippen LogP contribution in [0.4, 0.5) is 0 Å². The van der Waals surface area contributed by atoms with Crippen LogP contribution in [-0.4, -0.2) is 20.7 Å². The van der Waals surface area contributed by atoms with Crippen LogP contribution in [-0.2, 0) is 11.2 Å². The predicted molar refractivity (Wildman–Crippen MR) is 68.8 cm³/mol. The van der Waals surface area contributed by atoms with E-state index in [2.05, 4.69) is 15.0 Å². The van der Waals surface area contributed by atoms with Crippen LogP contribution < -0.4 is 5.76 Å². The fourth-order valence-electron chi connectivity index (χ4n) is 1.95. The van der Waals surface area contributed by atoms with Gasteiger partial charge in [0.1, 0.15) is 11.6 Å². The fraction of sp³-hybridized carbons (Fsp3) is 0.154. The molecule has 2 N–H and O–H groups in total. The third kappa shape index (κ3) is 2.20. The van der Waals surface area contributed by atoms with Crippen molar-refractivity contribution in [2.45, 2.75) is 13.3 Å². The number of oxazole rings is 1. The first-order valence-corrected chi connectivity index (χ1v) is 5.78. The lowest BCUT2D eigenvalue weighted by molar-refractivity contribution is -0.116. The van der Waals surface area contributed by atoms with Crippen molar-refractivity contribution in [3.05, 3.63) is 40.8 Å². The van der Waals surface area contributed by atoms with Gasteiger partial charge in [0.25, 0.3) is 0 Å². The highest BCUT2D eigenvalue weighted by molar-refractivity contribution is 5.79. The summed E-state index contributed by atoms with van der Waals surface area (Å²) in [5, 5.41) is 0. The number of hydrogen-bond acceptors (Lipinski definition) is 4. The van der Waals surface area contributed by atoms with Crippen molar-refractivity contribution in [3.8, 4) is 11.3 Å². The molecule has 96 valence electrons. The van der Waals surface area contributed by atoms with Crippen LogP contribution in [0.1, 0.15) is 12.7 Å². The molecular weight excluding hydrogens is 246 g/mol. The number of carbonyl (C=O) groups excluding carboxylic acids is 1. The van der Waals surface area contributed by atoms with E-state index in [4.69, 9.17) is 4.42 Å². The Bertz CT molecular complexity index is 810. The van der Waals surface area contributed by atoms with Crippen LogP contribution in [0.5, 0.6) is 0 Å². The van der Waals surface area contributed by atoms with E-state index in [-0.39, 0.29) is 12.2 Å². The Morgan fingerprint density at radius 1 is 1.37 bits per heavy atom. The third-order valence-electron chi connectivity index (χ3n) is 2.77. The summed E-state index contributed by atoms with van der Waals surface area (Å²) in [6.07, 6.45) is 1.95. The zero-order valence-corrected chi connectivity index (χ0v) is 10.2. The highest BCUT2D eigenvalue weighted by atomic mass is 16.4. The molecule has 0 spiro atoms. The van der Waals surface area contributed by atoms with Crippen molar-refractivity contribution in [1.29, 1.82) is 0 Å². The highest BCUT2D eigenvalue weighted by Crippen LogP contribution is 2.21. The molecule has 3 rings (SSSR count). The molecule has 0 fully saturated rings. The molecule has 0 radical (unpaired) electrons. The Kier molecular flexibility index (Phi) is 2.56. The highest BCUT2D eigenvalue weighted by Gasteiger charge is 2.07. The molecule has 0 saturated heterocycles. The molecule has 0 unspecified atom stereocenters. The number of aromatic nitrogens is 3. The molecule has 2 heterocycles. The van der Waals surface area contributed by atoms with Crippen LogP contribution in [0.3, 0.4) is 0 Å². The van der Waals surface area contributed by atoms with Gasteiger partial charge in [0, 0.05) is 5.56 Å².